The van der Waals surface area contributed by atoms with Crippen LogP contribution >= 0.6 is 23.5 Å². The Labute approximate surface area is 175 Å². The molecule has 0 radical (unpaired) electrons. The monoisotopic (exact) mass is 408 g/mol. The summed E-state index contributed by atoms with van der Waals surface area (Å²) in [6, 6.07) is 16.0. The first-order chi connectivity index (χ1) is 13.2. The molecular weight excluding hydrogens is 384 g/mol. The highest BCUT2D eigenvalue weighted by Crippen LogP contribution is 2.30. The van der Waals surface area contributed by atoms with E-state index < -0.39 is 0 Å². The number of hydrogen-bond donors (Lipinski definition) is 0. The van der Waals surface area contributed by atoms with Gasteiger partial charge in [-0.3, -0.25) is 9.59 Å². The fourth-order valence-corrected chi connectivity index (χ4v) is 3.69. The van der Waals surface area contributed by atoms with E-state index >= 15 is 0 Å². The van der Waals surface area contributed by atoms with Crippen LogP contribution in [0, 0.1) is 0 Å². The number of benzene rings is 2. The second kappa shape index (κ2) is 9.76. The van der Waals surface area contributed by atoms with Crippen molar-refractivity contribution in [2.45, 2.75) is 37.5 Å². The van der Waals surface area contributed by atoms with Gasteiger partial charge in [-0.15, -0.1) is 0 Å². The lowest BCUT2D eigenvalue weighted by Gasteiger charge is -2.10. The molecular formula is C24H24O2S2. The van der Waals surface area contributed by atoms with E-state index in [0.29, 0.717) is 11.1 Å². The van der Waals surface area contributed by atoms with Gasteiger partial charge in [-0.1, -0.05) is 37.4 Å². The number of hydrogen-bond acceptors (Lipinski definition) is 4. The van der Waals surface area contributed by atoms with Crippen molar-refractivity contribution >= 4 is 44.9 Å². The van der Waals surface area contributed by atoms with Crippen LogP contribution in [0.25, 0.3) is 11.1 Å². The molecule has 0 bridgehead atoms. The Morgan fingerprint density at radius 3 is 1.14 bits per heavy atom. The maximum absolute atomic E-state index is 11.8. The summed E-state index contributed by atoms with van der Waals surface area (Å²) in [5.41, 5.74) is 5.66. The molecule has 0 amide bonds. The molecule has 0 spiro atoms. The van der Waals surface area contributed by atoms with Crippen molar-refractivity contribution < 1.29 is 9.59 Å². The molecule has 2 rings (SSSR count). The Morgan fingerprint density at radius 1 is 0.607 bits per heavy atom. The Kier molecular flexibility index (Phi) is 7.67. The van der Waals surface area contributed by atoms with Gasteiger partial charge in [-0.2, -0.15) is 0 Å². The van der Waals surface area contributed by atoms with Crippen molar-refractivity contribution in [1.82, 2.24) is 0 Å². The van der Waals surface area contributed by atoms with Gasteiger partial charge in [0.1, 0.15) is 0 Å². The van der Waals surface area contributed by atoms with Gasteiger partial charge in [-0.05, 0) is 109 Å². The van der Waals surface area contributed by atoms with Crippen molar-refractivity contribution in [1.29, 1.82) is 0 Å². The van der Waals surface area contributed by atoms with E-state index in [4.69, 9.17) is 0 Å². The number of rotatable bonds is 6. The van der Waals surface area contributed by atoms with Gasteiger partial charge >= 0.3 is 0 Å². The fraction of sp³-hybridized carbons (Fsp3) is 0.167. The highest BCUT2D eigenvalue weighted by Gasteiger charge is 2.09. The standard InChI is InChI=1S/C24H24O2S2/c1-15(2)23(25)27-21-11-7-19(8-12-21)17(5)18(6)20-9-13-22(14-10-20)28-24(26)16(3)4/h7-14H,1,3H2,2,4-6H3. The second-order valence-corrected chi connectivity index (χ2v) is 8.73. The summed E-state index contributed by atoms with van der Waals surface area (Å²) in [5, 5.41) is -0.0291. The van der Waals surface area contributed by atoms with Crippen LogP contribution in [0.3, 0.4) is 0 Å². The van der Waals surface area contributed by atoms with Crippen molar-refractivity contribution in [2.24, 2.45) is 0 Å². The Balaban J connectivity index is 2.17. The predicted molar refractivity (Wildman–Crippen MR) is 122 cm³/mol. The smallest absolute Gasteiger partial charge is 0.219 e. The largest absolute Gasteiger partial charge is 0.282 e. The molecule has 0 aliphatic heterocycles. The van der Waals surface area contributed by atoms with Gasteiger partial charge in [0.05, 0.1) is 0 Å². The van der Waals surface area contributed by atoms with Crippen LogP contribution in [0.2, 0.25) is 0 Å². The number of carbonyl (C=O) groups is 2. The zero-order valence-corrected chi connectivity index (χ0v) is 18.3. The quantitative estimate of drug-likeness (QED) is 0.292. The molecule has 0 heterocycles. The Hall–Kier alpha value is -2.30. The highest BCUT2D eigenvalue weighted by molar-refractivity contribution is 8.14. The van der Waals surface area contributed by atoms with Gasteiger partial charge in [-0.25, -0.2) is 0 Å². The minimum atomic E-state index is -0.0146. The summed E-state index contributed by atoms with van der Waals surface area (Å²) in [4.78, 5) is 25.4. The summed E-state index contributed by atoms with van der Waals surface area (Å²) >= 11 is 2.39. The zero-order chi connectivity index (χ0) is 20.8. The summed E-state index contributed by atoms with van der Waals surface area (Å²) in [7, 11) is 0. The topological polar surface area (TPSA) is 34.1 Å². The minimum Gasteiger partial charge on any atom is -0.282 e. The highest BCUT2D eigenvalue weighted by atomic mass is 32.2. The van der Waals surface area contributed by atoms with Crippen LogP contribution < -0.4 is 0 Å². The molecule has 0 atom stereocenters. The van der Waals surface area contributed by atoms with Gasteiger partial charge in [0.25, 0.3) is 0 Å². The molecule has 4 heteroatoms. The fourth-order valence-electron chi connectivity index (χ4n) is 2.37. The third kappa shape index (κ3) is 5.85. The van der Waals surface area contributed by atoms with E-state index in [1.807, 2.05) is 48.5 Å². The molecule has 2 aromatic rings. The summed E-state index contributed by atoms with van der Waals surface area (Å²) in [5.74, 6) is 0. The molecule has 2 aromatic carbocycles. The number of thioether (sulfide) groups is 2. The molecule has 0 N–H and O–H groups in total. The molecule has 0 unspecified atom stereocenters. The maximum atomic E-state index is 11.8. The average molecular weight is 409 g/mol. The molecule has 144 valence electrons. The number of carbonyl (C=O) groups excluding carboxylic acids is 2. The zero-order valence-electron chi connectivity index (χ0n) is 16.7. The molecule has 0 aliphatic rings. The van der Waals surface area contributed by atoms with Crippen molar-refractivity contribution in [3.63, 3.8) is 0 Å². The van der Waals surface area contributed by atoms with E-state index in [-0.39, 0.29) is 10.2 Å². The van der Waals surface area contributed by atoms with Crippen LogP contribution in [0.1, 0.15) is 38.8 Å². The van der Waals surface area contributed by atoms with Gasteiger partial charge < -0.3 is 0 Å². The first-order valence-corrected chi connectivity index (χ1v) is 10.5. The lowest BCUT2D eigenvalue weighted by molar-refractivity contribution is -0.108. The first-order valence-electron chi connectivity index (χ1n) is 8.82. The van der Waals surface area contributed by atoms with Gasteiger partial charge in [0.15, 0.2) is 0 Å². The summed E-state index contributed by atoms with van der Waals surface area (Å²) < 4.78 is 0. The molecule has 0 aliphatic carbocycles. The first kappa shape index (κ1) is 22.0. The third-order valence-corrected chi connectivity index (χ3v) is 6.34. The number of allylic oxidation sites excluding steroid dienone is 2. The van der Waals surface area contributed by atoms with E-state index in [1.165, 1.54) is 34.7 Å². The van der Waals surface area contributed by atoms with Crippen LogP contribution in [-0.2, 0) is 9.59 Å². The average Bonchev–Trinajstić information content (AvgIpc) is 2.67. The molecule has 0 saturated carbocycles. The van der Waals surface area contributed by atoms with E-state index in [1.54, 1.807) is 13.8 Å². The van der Waals surface area contributed by atoms with E-state index in [9.17, 15) is 9.59 Å². The summed E-state index contributed by atoms with van der Waals surface area (Å²) in [6.07, 6.45) is 0. The molecule has 0 saturated heterocycles. The molecule has 0 fully saturated rings. The maximum Gasteiger partial charge on any atom is 0.219 e. The summed E-state index contributed by atoms with van der Waals surface area (Å²) in [6.45, 7) is 15.0. The second-order valence-electron chi connectivity index (χ2n) is 6.64. The Bertz CT molecular complexity index is 870. The SMILES string of the molecule is C=C(C)C(=O)Sc1ccc(C(C)=C(C)c2ccc(SC(=O)C(=C)C)cc2)cc1. The van der Waals surface area contributed by atoms with Crippen LogP contribution in [0.15, 0.2) is 82.6 Å². The van der Waals surface area contributed by atoms with Crippen molar-refractivity contribution in [3.8, 4) is 0 Å². The minimum absolute atomic E-state index is 0.0146. The van der Waals surface area contributed by atoms with E-state index in [2.05, 4.69) is 27.0 Å². The van der Waals surface area contributed by atoms with Crippen LogP contribution in [0.4, 0.5) is 0 Å². The van der Waals surface area contributed by atoms with Gasteiger partial charge in [0, 0.05) is 9.79 Å². The lowest BCUT2D eigenvalue weighted by atomic mass is 9.97. The molecule has 2 nitrogen and oxygen atoms in total. The molecule has 0 aromatic heterocycles. The Morgan fingerprint density at radius 2 is 0.893 bits per heavy atom. The predicted octanol–water partition coefficient (Wildman–Crippen LogP) is 7.03. The van der Waals surface area contributed by atoms with Crippen molar-refractivity contribution in [3.05, 3.63) is 84.0 Å². The lowest BCUT2D eigenvalue weighted by Crippen LogP contribution is -1.92. The van der Waals surface area contributed by atoms with Crippen LogP contribution in [-0.4, -0.2) is 10.2 Å². The third-order valence-electron chi connectivity index (χ3n) is 4.26. The van der Waals surface area contributed by atoms with Crippen molar-refractivity contribution in [2.75, 3.05) is 0 Å². The normalized spacial score (nSPS) is 11.6. The van der Waals surface area contributed by atoms with Gasteiger partial charge in [0.2, 0.25) is 10.2 Å². The molecule has 28 heavy (non-hydrogen) atoms. The van der Waals surface area contributed by atoms with Crippen LogP contribution in [0.5, 0.6) is 0 Å². The van der Waals surface area contributed by atoms with E-state index in [0.717, 1.165) is 20.9 Å².